The summed E-state index contributed by atoms with van der Waals surface area (Å²) in [6.07, 6.45) is 4.32. The number of hydrogen-bond acceptors (Lipinski definition) is 3. The predicted molar refractivity (Wildman–Crippen MR) is 88.6 cm³/mol. The fourth-order valence-corrected chi connectivity index (χ4v) is 2.05. The molecular formula is C17H16ClFN2O3. The van der Waals surface area contributed by atoms with Gasteiger partial charge in [-0.25, -0.2) is 4.39 Å². The van der Waals surface area contributed by atoms with Gasteiger partial charge < -0.3 is 14.6 Å². The third-order valence-corrected chi connectivity index (χ3v) is 3.45. The van der Waals surface area contributed by atoms with Gasteiger partial charge in [0.1, 0.15) is 11.6 Å². The van der Waals surface area contributed by atoms with Crippen molar-refractivity contribution in [3.8, 4) is 0 Å². The van der Waals surface area contributed by atoms with Gasteiger partial charge in [-0.3, -0.25) is 9.59 Å². The molecule has 126 valence electrons. The number of nitrogens with zero attached hydrogens (tertiary/aromatic N) is 1. The Hall–Kier alpha value is -2.60. The average molecular weight is 351 g/mol. The summed E-state index contributed by atoms with van der Waals surface area (Å²) in [6.45, 7) is 0.172. The van der Waals surface area contributed by atoms with Gasteiger partial charge >= 0.3 is 0 Å². The molecule has 5 nitrogen and oxygen atoms in total. The topological polar surface area (TPSA) is 62.6 Å². The highest BCUT2D eigenvalue weighted by Crippen LogP contribution is 2.16. The molecule has 1 aromatic carbocycles. The van der Waals surface area contributed by atoms with Crippen molar-refractivity contribution in [2.24, 2.45) is 0 Å². The van der Waals surface area contributed by atoms with Gasteiger partial charge in [-0.1, -0.05) is 17.7 Å². The van der Waals surface area contributed by atoms with Gasteiger partial charge in [0.15, 0.2) is 0 Å². The third-order valence-electron chi connectivity index (χ3n) is 3.16. The zero-order chi connectivity index (χ0) is 17.5. The lowest BCUT2D eigenvalue weighted by Crippen LogP contribution is -2.37. The summed E-state index contributed by atoms with van der Waals surface area (Å²) in [4.78, 5) is 25.0. The summed E-state index contributed by atoms with van der Waals surface area (Å²) in [5.74, 6) is -0.556. The van der Waals surface area contributed by atoms with E-state index in [9.17, 15) is 14.0 Å². The molecule has 0 bridgehead atoms. The van der Waals surface area contributed by atoms with Crippen molar-refractivity contribution < 1.29 is 18.4 Å². The van der Waals surface area contributed by atoms with Crippen LogP contribution in [0.5, 0.6) is 0 Å². The van der Waals surface area contributed by atoms with Crippen molar-refractivity contribution in [2.75, 3.05) is 13.6 Å². The minimum absolute atomic E-state index is 0.0183. The number of carbonyl (C=O) groups is 2. The van der Waals surface area contributed by atoms with Crippen molar-refractivity contribution in [1.29, 1.82) is 0 Å². The molecular weight excluding hydrogens is 335 g/mol. The molecule has 1 heterocycles. The molecule has 0 fully saturated rings. The summed E-state index contributed by atoms with van der Waals surface area (Å²) in [7, 11) is 1.51. The molecule has 0 saturated heterocycles. The molecule has 0 aliphatic carbocycles. The van der Waals surface area contributed by atoms with Crippen LogP contribution < -0.4 is 5.32 Å². The number of likely N-dealkylation sites (N-methyl/N-ethyl adjacent to an activating group) is 1. The van der Waals surface area contributed by atoms with E-state index in [1.54, 1.807) is 12.1 Å². The Kier molecular flexibility index (Phi) is 6.14. The number of halogens is 2. The highest BCUT2D eigenvalue weighted by atomic mass is 35.5. The van der Waals surface area contributed by atoms with E-state index >= 15 is 0 Å². The Labute approximate surface area is 143 Å². The second-order valence-corrected chi connectivity index (χ2v) is 5.46. The maximum absolute atomic E-state index is 13.1. The van der Waals surface area contributed by atoms with Crippen LogP contribution >= 0.6 is 11.6 Å². The molecule has 2 amide bonds. The number of benzene rings is 1. The molecule has 0 saturated carbocycles. The van der Waals surface area contributed by atoms with Crippen LogP contribution in [0.2, 0.25) is 5.02 Å². The Morgan fingerprint density at radius 2 is 2.17 bits per heavy atom. The van der Waals surface area contributed by atoms with Crippen molar-refractivity contribution >= 4 is 29.5 Å². The summed E-state index contributed by atoms with van der Waals surface area (Å²) in [5, 5.41) is 2.63. The van der Waals surface area contributed by atoms with E-state index in [-0.39, 0.29) is 29.9 Å². The minimum Gasteiger partial charge on any atom is -0.467 e. The molecule has 0 unspecified atom stereocenters. The summed E-state index contributed by atoms with van der Waals surface area (Å²) < 4.78 is 18.2. The van der Waals surface area contributed by atoms with Crippen molar-refractivity contribution in [1.82, 2.24) is 10.2 Å². The molecule has 2 aromatic rings. The van der Waals surface area contributed by atoms with Gasteiger partial charge in [0.05, 0.1) is 24.4 Å². The van der Waals surface area contributed by atoms with Gasteiger partial charge in [-0.2, -0.15) is 0 Å². The number of rotatable bonds is 6. The van der Waals surface area contributed by atoms with Gasteiger partial charge in [0, 0.05) is 13.1 Å². The monoisotopic (exact) mass is 350 g/mol. The molecule has 7 heteroatoms. The molecule has 0 radical (unpaired) electrons. The minimum atomic E-state index is -0.523. The van der Waals surface area contributed by atoms with Crippen LogP contribution in [0.1, 0.15) is 11.3 Å². The molecule has 0 aliphatic heterocycles. The summed E-state index contributed by atoms with van der Waals surface area (Å²) >= 11 is 5.67. The van der Waals surface area contributed by atoms with E-state index in [4.69, 9.17) is 16.0 Å². The normalized spacial score (nSPS) is 10.8. The van der Waals surface area contributed by atoms with Gasteiger partial charge in [-0.15, -0.1) is 0 Å². The summed E-state index contributed by atoms with van der Waals surface area (Å²) in [5.41, 5.74) is 0.588. The van der Waals surface area contributed by atoms with E-state index in [0.29, 0.717) is 11.3 Å². The number of amides is 2. The highest BCUT2D eigenvalue weighted by molar-refractivity contribution is 6.30. The second kappa shape index (κ2) is 8.31. The van der Waals surface area contributed by atoms with E-state index in [0.717, 1.165) is 0 Å². The maximum Gasteiger partial charge on any atom is 0.246 e. The molecule has 0 spiro atoms. The first-order valence-corrected chi connectivity index (χ1v) is 7.51. The van der Waals surface area contributed by atoms with E-state index < -0.39 is 5.82 Å². The smallest absolute Gasteiger partial charge is 0.246 e. The van der Waals surface area contributed by atoms with Crippen LogP contribution in [-0.2, 0) is 16.1 Å². The lowest BCUT2D eigenvalue weighted by atomic mass is 10.2. The van der Waals surface area contributed by atoms with E-state index in [1.165, 1.54) is 48.6 Å². The first-order valence-electron chi connectivity index (χ1n) is 7.13. The number of carbonyl (C=O) groups excluding carboxylic acids is 2. The Balaban J connectivity index is 1.83. The largest absolute Gasteiger partial charge is 0.467 e. The van der Waals surface area contributed by atoms with Gasteiger partial charge in [0.2, 0.25) is 11.8 Å². The highest BCUT2D eigenvalue weighted by Gasteiger charge is 2.10. The standard InChI is InChI=1S/C17H16ClFN2O3/c1-21(11-16(22)20-10-13-3-2-8-24-13)17(23)7-5-12-4-6-15(19)14(18)9-12/h2-9H,10-11H2,1H3,(H,20,22)/b7-5+. The lowest BCUT2D eigenvalue weighted by Gasteiger charge is -2.14. The van der Waals surface area contributed by atoms with E-state index in [2.05, 4.69) is 5.32 Å². The van der Waals surface area contributed by atoms with E-state index in [1.807, 2.05) is 0 Å². The molecule has 0 atom stereocenters. The van der Waals surface area contributed by atoms with Crippen molar-refractivity contribution in [3.05, 3.63) is 64.8 Å². The molecule has 2 rings (SSSR count). The van der Waals surface area contributed by atoms with Crippen molar-refractivity contribution in [3.63, 3.8) is 0 Å². The number of furan rings is 1. The van der Waals surface area contributed by atoms with Crippen LogP contribution in [0.4, 0.5) is 4.39 Å². The SMILES string of the molecule is CN(CC(=O)NCc1ccco1)C(=O)/C=C/c1ccc(F)c(Cl)c1. The van der Waals surface area contributed by atoms with Crippen LogP contribution in [0.3, 0.4) is 0 Å². The Bertz CT molecular complexity index is 744. The predicted octanol–water partition coefficient (Wildman–Crippen LogP) is 2.86. The van der Waals surface area contributed by atoms with Gasteiger partial charge in [0.25, 0.3) is 0 Å². The molecule has 0 aliphatic rings. The van der Waals surface area contributed by atoms with Crippen LogP contribution in [-0.4, -0.2) is 30.3 Å². The fraction of sp³-hybridized carbons (Fsp3) is 0.176. The molecule has 1 aromatic heterocycles. The van der Waals surface area contributed by atoms with Crippen LogP contribution in [0.15, 0.2) is 47.1 Å². The summed E-state index contributed by atoms with van der Waals surface area (Å²) in [6, 6.07) is 7.60. The van der Waals surface area contributed by atoms with Crippen LogP contribution in [0, 0.1) is 5.82 Å². The van der Waals surface area contributed by atoms with Crippen LogP contribution in [0.25, 0.3) is 6.08 Å². The quantitative estimate of drug-likeness (QED) is 0.815. The first-order chi connectivity index (χ1) is 11.5. The first kappa shape index (κ1) is 17.7. The average Bonchev–Trinajstić information content (AvgIpc) is 3.07. The number of hydrogen-bond donors (Lipinski definition) is 1. The van der Waals surface area contributed by atoms with Crippen molar-refractivity contribution in [2.45, 2.75) is 6.54 Å². The zero-order valence-corrected chi connectivity index (χ0v) is 13.7. The second-order valence-electron chi connectivity index (χ2n) is 5.06. The molecule has 1 N–H and O–H groups in total. The fourth-order valence-electron chi connectivity index (χ4n) is 1.86. The van der Waals surface area contributed by atoms with Gasteiger partial charge in [-0.05, 0) is 35.9 Å². The maximum atomic E-state index is 13.1. The Morgan fingerprint density at radius 1 is 1.38 bits per heavy atom. The lowest BCUT2D eigenvalue weighted by molar-refractivity contribution is -0.131. The number of nitrogens with one attached hydrogen (secondary N) is 1. The zero-order valence-electron chi connectivity index (χ0n) is 13.0. The molecule has 24 heavy (non-hydrogen) atoms. The Morgan fingerprint density at radius 3 is 2.83 bits per heavy atom. The third kappa shape index (κ3) is 5.24.